The van der Waals surface area contributed by atoms with Gasteiger partial charge in [0.2, 0.25) is 0 Å². The van der Waals surface area contributed by atoms with Crippen molar-refractivity contribution in [3.05, 3.63) is 41.5 Å². The molecule has 2 N–H and O–H groups in total. The minimum absolute atomic E-state index is 0.219. The summed E-state index contributed by atoms with van der Waals surface area (Å²) in [5.74, 6) is 0. The molecule has 0 aliphatic heterocycles. The average molecular weight is 231 g/mol. The van der Waals surface area contributed by atoms with Gasteiger partial charge >= 0.3 is 0 Å². The minimum Gasteiger partial charge on any atom is -0.319 e. The molecule has 17 heavy (non-hydrogen) atoms. The number of rotatable bonds is 4. The van der Waals surface area contributed by atoms with Crippen LogP contribution in [0.4, 0.5) is 0 Å². The number of hydrogen-bond acceptors (Lipinski definition) is 4. The summed E-state index contributed by atoms with van der Waals surface area (Å²) >= 11 is 0. The summed E-state index contributed by atoms with van der Waals surface area (Å²) in [5, 5.41) is 7.96. The van der Waals surface area contributed by atoms with Gasteiger partial charge < -0.3 is 5.73 Å². The number of nitrogens with zero attached hydrogens (tertiary/aromatic N) is 4. The van der Waals surface area contributed by atoms with Crippen LogP contribution < -0.4 is 5.73 Å². The van der Waals surface area contributed by atoms with Crippen LogP contribution in [0.25, 0.3) is 0 Å². The Hall–Kier alpha value is -1.75. The molecule has 0 saturated carbocycles. The average Bonchev–Trinajstić information content (AvgIpc) is 2.77. The second-order valence-electron chi connectivity index (χ2n) is 4.16. The molecule has 1 unspecified atom stereocenters. The van der Waals surface area contributed by atoms with E-state index >= 15 is 0 Å². The lowest BCUT2D eigenvalue weighted by molar-refractivity contribution is 0.543. The third kappa shape index (κ3) is 2.50. The zero-order valence-electron chi connectivity index (χ0n) is 10.2. The Morgan fingerprint density at radius 3 is 2.88 bits per heavy atom. The lowest BCUT2D eigenvalue weighted by Crippen LogP contribution is -2.17. The van der Waals surface area contributed by atoms with Crippen molar-refractivity contribution >= 4 is 0 Å². The number of pyridine rings is 1. The van der Waals surface area contributed by atoms with E-state index in [2.05, 4.69) is 22.2 Å². The lowest BCUT2D eigenvalue weighted by atomic mass is 10.1. The predicted molar refractivity (Wildman–Crippen MR) is 65.3 cm³/mol. The van der Waals surface area contributed by atoms with Crippen molar-refractivity contribution in [2.24, 2.45) is 5.73 Å². The minimum atomic E-state index is -0.219. The van der Waals surface area contributed by atoms with Gasteiger partial charge in [-0.15, -0.1) is 5.10 Å². The maximum atomic E-state index is 6.22. The van der Waals surface area contributed by atoms with Gasteiger partial charge in [0.15, 0.2) is 0 Å². The summed E-state index contributed by atoms with van der Waals surface area (Å²) in [7, 11) is 0. The topological polar surface area (TPSA) is 69.6 Å². The van der Waals surface area contributed by atoms with Crippen LogP contribution in [0.1, 0.15) is 36.2 Å². The van der Waals surface area contributed by atoms with Crippen molar-refractivity contribution in [3.63, 3.8) is 0 Å². The maximum Gasteiger partial charge on any atom is 0.0800 e. The Balaban J connectivity index is 2.30. The molecule has 0 amide bonds. The van der Waals surface area contributed by atoms with Gasteiger partial charge in [-0.3, -0.25) is 4.98 Å². The Labute approximate surface area is 101 Å². The molecule has 90 valence electrons. The highest BCUT2D eigenvalue weighted by Gasteiger charge is 2.14. The molecule has 5 heteroatoms. The molecular weight excluding hydrogens is 214 g/mol. The van der Waals surface area contributed by atoms with E-state index < -0.39 is 0 Å². The third-order valence-electron chi connectivity index (χ3n) is 2.66. The Kier molecular flexibility index (Phi) is 3.49. The summed E-state index contributed by atoms with van der Waals surface area (Å²) in [4.78, 5) is 4.16. The van der Waals surface area contributed by atoms with Crippen molar-refractivity contribution in [1.29, 1.82) is 0 Å². The fraction of sp³-hybridized carbons (Fsp3) is 0.417. The first-order valence-electron chi connectivity index (χ1n) is 5.78. The van der Waals surface area contributed by atoms with Gasteiger partial charge in [0.25, 0.3) is 0 Å². The molecular formula is C12H17N5. The zero-order valence-corrected chi connectivity index (χ0v) is 10.2. The van der Waals surface area contributed by atoms with Crippen molar-refractivity contribution in [2.45, 2.75) is 32.9 Å². The third-order valence-corrected chi connectivity index (χ3v) is 2.66. The summed E-state index contributed by atoms with van der Waals surface area (Å²) in [6, 6.07) is 1.82. The molecule has 5 nitrogen and oxygen atoms in total. The molecule has 1 atom stereocenters. The van der Waals surface area contributed by atoms with Crippen LogP contribution >= 0.6 is 0 Å². The van der Waals surface area contributed by atoms with Gasteiger partial charge in [0.05, 0.1) is 17.9 Å². The SMILES string of the molecule is CCCn1nncc1C(N)c1cncc(C)c1. The van der Waals surface area contributed by atoms with Gasteiger partial charge in [-0.1, -0.05) is 18.2 Å². The molecule has 0 radical (unpaired) electrons. The van der Waals surface area contributed by atoms with Gasteiger partial charge in [-0.25, -0.2) is 4.68 Å². The van der Waals surface area contributed by atoms with Crippen LogP contribution in [-0.4, -0.2) is 20.0 Å². The number of aryl methyl sites for hydroxylation is 2. The van der Waals surface area contributed by atoms with Crippen molar-refractivity contribution in [1.82, 2.24) is 20.0 Å². The van der Waals surface area contributed by atoms with Gasteiger partial charge in [-0.2, -0.15) is 0 Å². The van der Waals surface area contributed by atoms with Crippen LogP contribution in [0.2, 0.25) is 0 Å². The smallest absolute Gasteiger partial charge is 0.0800 e. The second kappa shape index (κ2) is 5.05. The highest BCUT2D eigenvalue weighted by molar-refractivity contribution is 5.26. The largest absolute Gasteiger partial charge is 0.319 e. The highest BCUT2D eigenvalue weighted by Crippen LogP contribution is 2.18. The fourth-order valence-corrected chi connectivity index (χ4v) is 1.81. The van der Waals surface area contributed by atoms with E-state index in [0.29, 0.717) is 0 Å². The van der Waals surface area contributed by atoms with Crippen molar-refractivity contribution in [3.8, 4) is 0 Å². The summed E-state index contributed by atoms with van der Waals surface area (Å²) < 4.78 is 1.85. The monoisotopic (exact) mass is 231 g/mol. The number of aromatic nitrogens is 4. The van der Waals surface area contributed by atoms with Crippen LogP contribution in [0.15, 0.2) is 24.7 Å². The van der Waals surface area contributed by atoms with E-state index in [1.54, 1.807) is 12.4 Å². The quantitative estimate of drug-likeness (QED) is 0.864. The molecule has 2 aromatic heterocycles. The number of hydrogen-bond donors (Lipinski definition) is 1. The molecule has 0 spiro atoms. The van der Waals surface area contributed by atoms with E-state index in [9.17, 15) is 0 Å². The molecule has 2 aromatic rings. The first-order chi connectivity index (χ1) is 8.22. The molecule has 0 fully saturated rings. The van der Waals surface area contributed by atoms with Gasteiger partial charge in [-0.05, 0) is 24.5 Å². The fourth-order valence-electron chi connectivity index (χ4n) is 1.81. The van der Waals surface area contributed by atoms with E-state index in [1.807, 2.05) is 23.9 Å². The first-order valence-corrected chi connectivity index (χ1v) is 5.78. The van der Waals surface area contributed by atoms with Crippen LogP contribution in [0.3, 0.4) is 0 Å². The molecule has 0 saturated heterocycles. The van der Waals surface area contributed by atoms with Crippen LogP contribution in [-0.2, 0) is 6.54 Å². The summed E-state index contributed by atoms with van der Waals surface area (Å²) in [5.41, 5.74) is 9.24. The van der Waals surface area contributed by atoms with E-state index in [0.717, 1.165) is 29.8 Å². The van der Waals surface area contributed by atoms with E-state index in [1.165, 1.54) is 0 Å². The summed E-state index contributed by atoms with van der Waals surface area (Å²) in [6.45, 7) is 4.94. The molecule has 0 aliphatic carbocycles. The van der Waals surface area contributed by atoms with Crippen molar-refractivity contribution in [2.75, 3.05) is 0 Å². The molecule has 0 aromatic carbocycles. The Bertz CT molecular complexity index is 491. The summed E-state index contributed by atoms with van der Waals surface area (Å²) in [6.07, 6.45) is 6.34. The highest BCUT2D eigenvalue weighted by atomic mass is 15.4. The number of nitrogens with two attached hydrogens (primary N) is 1. The second-order valence-corrected chi connectivity index (χ2v) is 4.16. The standard InChI is InChI=1S/C12H17N5/c1-3-4-17-11(8-15-16-17)12(13)10-5-9(2)6-14-7-10/h5-8,12H,3-4,13H2,1-2H3. The molecule has 0 bridgehead atoms. The van der Waals surface area contributed by atoms with Crippen LogP contribution in [0.5, 0.6) is 0 Å². The zero-order chi connectivity index (χ0) is 12.3. The molecule has 0 aliphatic rings. The first kappa shape index (κ1) is 11.7. The van der Waals surface area contributed by atoms with Crippen LogP contribution in [0, 0.1) is 6.92 Å². The lowest BCUT2D eigenvalue weighted by Gasteiger charge is -2.13. The predicted octanol–water partition coefficient (Wildman–Crippen LogP) is 1.44. The normalized spacial score (nSPS) is 12.6. The molecule has 2 rings (SSSR count). The van der Waals surface area contributed by atoms with Gasteiger partial charge in [0, 0.05) is 18.9 Å². The van der Waals surface area contributed by atoms with E-state index in [4.69, 9.17) is 5.73 Å². The Morgan fingerprint density at radius 1 is 1.35 bits per heavy atom. The van der Waals surface area contributed by atoms with Crippen molar-refractivity contribution < 1.29 is 0 Å². The Morgan fingerprint density at radius 2 is 2.18 bits per heavy atom. The van der Waals surface area contributed by atoms with E-state index in [-0.39, 0.29) is 6.04 Å². The van der Waals surface area contributed by atoms with Gasteiger partial charge in [0.1, 0.15) is 0 Å². The maximum absolute atomic E-state index is 6.22. The molecule has 2 heterocycles.